The van der Waals surface area contributed by atoms with Crippen LogP contribution < -0.4 is 10.1 Å². The summed E-state index contributed by atoms with van der Waals surface area (Å²) >= 11 is 6.01. The number of ether oxygens (including phenoxy) is 1. The predicted molar refractivity (Wildman–Crippen MR) is 110 cm³/mol. The summed E-state index contributed by atoms with van der Waals surface area (Å²) < 4.78 is 11.1. The molecule has 4 aromatic rings. The molecule has 0 aliphatic heterocycles. The van der Waals surface area contributed by atoms with E-state index in [1.165, 1.54) is 12.7 Å². The Labute approximate surface area is 166 Å². The summed E-state index contributed by atoms with van der Waals surface area (Å²) in [7, 11) is 1.51. The van der Waals surface area contributed by atoms with Crippen molar-refractivity contribution in [3.05, 3.63) is 76.8 Å². The van der Waals surface area contributed by atoms with Gasteiger partial charge in [0.1, 0.15) is 11.3 Å². The minimum Gasteiger partial charge on any atom is -0.496 e. The lowest BCUT2D eigenvalue weighted by atomic mass is 10.1. The lowest BCUT2D eigenvalue weighted by Gasteiger charge is -2.09. The number of hydrogen-bond acceptors (Lipinski definition) is 4. The summed E-state index contributed by atoms with van der Waals surface area (Å²) in [6.45, 7) is 2.03. The third-order valence-electron chi connectivity index (χ3n) is 4.35. The first kappa shape index (κ1) is 18.1. The summed E-state index contributed by atoms with van der Waals surface area (Å²) in [5, 5.41) is 3.30. The molecule has 0 spiro atoms. The molecule has 4 rings (SSSR count). The Hall–Kier alpha value is -3.31. The van der Waals surface area contributed by atoms with Gasteiger partial charge in [-0.15, -0.1) is 0 Å². The number of oxazole rings is 1. The molecule has 1 amide bonds. The molecule has 0 saturated heterocycles. The van der Waals surface area contributed by atoms with E-state index in [1.807, 2.05) is 31.2 Å². The highest BCUT2D eigenvalue weighted by molar-refractivity contribution is 6.31. The molecule has 5 nitrogen and oxygen atoms in total. The SMILES string of the molecule is COc1ccc(Cl)cc1C(=O)Nc1ccc2nc(-c3ccc(C)cc3)oc2c1. The topological polar surface area (TPSA) is 64.4 Å². The molecule has 0 unspecified atom stereocenters. The second-order valence-electron chi connectivity index (χ2n) is 6.37. The maximum Gasteiger partial charge on any atom is 0.259 e. The van der Waals surface area contributed by atoms with E-state index in [0.717, 1.165) is 5.56 Å². The van der Waals surface area contributed by atoms with Gasteiger partial charge in [0.2, 0.25) is 5.89 Å². The normalized spacial score (nSPS) is 10.8. The molecule has 1 aromatic heterocycles. The van der Waals surface area contributed by atoms with Crippen LogP contribution in [0.15, 0.2) is 65.1 Å². The van der Waals surface area contributed by atoms with Crippen LogP contribution in [0.4, 0.5) is 5.69 Å². The number of amides is 1. The number of carbonyl (C=O) groups excluding carboxylic acids is 1. The van der Waals surface area contributed by atoms with Crippen molar-refractivity contribution in [1.29, 1.82) is 0 Å². The summed E-state index contributed by atoms with van der Waals surface area (Å²) in [4.78, 5) is 17.2. The van der Waals surface area contributed by atoms with Gasteiger partial charge in [0.25, 0.3) is 5.91 Å². The second kappa shape index (κ2) is 7.37. The number of fused-ring (bicyclic) bond motifs is 1. The fourth-order valence-corrected chi connectivity index (χ4v) is 3.05. The van der Waals surface area contributed by atoms with E-state index >= 15 is 0 Å². The highest BCUT2D eigenvalue weighted by atomic mass is 35.5. The summed E-state index contributed by atoms with van der Waals surface area (Å²) in [5.41, 5.74) is 4.32. The van der Waals surface area contributed by atoms with Crippen LogP contribution in [0.5, 0.6) is 5.75 Å². The minimum atomic E-state index is -0.322. The number of aromatic nitrogens is 1. The van der Waals surface area contributed by atoms with Gasteiger partial charge in [-0.3, -0.25) is 4.79 Å². The van der Waals surface area contributed by atoms with Crippen LogP contribution in [0, 0.1) is 6.92 Å². The number of aryl methyl sites for hydroxylation is 1. The molecule has 0 aliphatic carbocycles. The zero-order chi connectivity index (χ0) is 19.7. The molecule has 140 valence electrons. The minimum absolute atomic E-state index is 0.322. The van der Waals surface area contributed by atoms with E-state index in [2.05, 4.69) is 10.3 Å². The molecule has 0 radical (unpaired) electrons. The summed E-state index contributed by atoms with van der Waals surface area (Å²) in [5.74, 6) is 0.663. The van der Waals surface area contributed by atoms with Gasteiger partial charge in [-0.25, -0.2) is 4.98 Å². The fourth-order valence-electron chi connectivity index (χ4n) is 2.88. The van der Waals surface area contributed by atoms with Gasteiger partial charge in [-0.2, -0.15) is 0 Å². The zero-order valence-corrected chi connectivity index (χ0v) is 16.1. The summed E-state index contributed by atoms with van der Waals surface area (Å²) in [6.07, 6.45) is 0. The maximum atomic E-state index is 12.6. The standard InChI is InChI=1S/C22H17ClN2O3/c1-13-3-5-14(6-4-13)22-25-18-9-8-16(12-20(18)28-22)24-21(26)17-11-15(23)7-10-19(17)27-2/h3-12H,1-2H3,(H,24,26). The van der Waals surface area contributed by atoms with Crippen LogP contribution in [0.25, 0.3) is 22.6 Å². The first-order valence-electron chi connectivity index (χ1n) is 8.66. The third kappa shape index (κ3) is 3.57. The monoisotopic (exact) mass is 392 g/mol. The number of hydrogen-bond donors (Lipinski definition) is 1. The quantitative estimate of drug-likeness (QED) is 0.482. The number of benzene rings is 3. The first-order chi connectivity index (χ1) is 13.5. The van der Waals surface area contributed by atoms with Gasteiger partial charge in [0.15, 0.2) is 5.58 Å². The van der Waals surface area contributed by atoms with Crippen LogP contribution in [0.3, 0.4) is 0 Å². The number of nitrogens with zero attached hydrogens (tertiary/aromatic N) is 1. The molecular weight excluding hydrogens is 376 g/mol. The van der Waals surface area contributed by atoms with E-state index in [9.17, 15) is 4.79 Å². The maximum absolute atomic E-state index is 12.6. The van der Waals surface area contributed by atoms with Gasteiger partial charge in [-0.05, 0) is 49.4 Å². The highest BCUT2D eigenvalue weighted by Gasteiger charge is 2.15. The molecular formula is C22H17ClN2O3. The van der Waals surface area contributed by atoms with Crippen molar-refractivity contribution in [3.8, 4) is 17.2 Å². The number of carbonyl (C=O) groups is 1. The van der Waals surface area contributed by atoms with Crippen molar-refractivity contribution in [2.45, 2.75) is 6.92 Å². The number of methoxy groups -OCH3 is 1. The third-order valence-corrected chi connectivity index (χ3v) is 4.59. The molecule has 0 bridgehead atoms. The second-order valence-corrected chi connectivity index (χ2v) is 6.80. The van der Waals surface area contributed by atoms with E-state index in [-0.39, 0.29) is 5.91 Å². The molecule has 1 N–H and O–H groups in total. The fraction of sp³-hybridized carbons (Fsp3) is 0.0909. The average molecular weight is 393 g/mol. The average Bonchev–Trinajstić information content (AvgIpc) is 3.11. The Bertz CT molecular complexity index is 1170. The number of nitrogens with one attached hydrogen (secondary N) is 1. The van der Waals surface area contributed by atoms with Gasteiger partial charge >= 0.3 is 0 Å². The molecule has 1 heterocycles. The Morgan fingerprint density at radius 1 is 1.07 bits per heavy atom. The van der Waals surface area contributed by atoms with Crippen LogP contribution in [-0.2, 0) is 0 Å². The van der Waals surface area contributed by atoms with Crippen molar-refractivity contribution >= 4 is 34.3 Å². The van der Waals surface area contributed by atoms with Crippen LogP contribution in [-0.4, -0.2) is 18.0 Å². The van der Waals surface area contributed by atoms with Crippen molar-refractivity contribution in [1.82, 2.24) is 4.98 Å². The van der Waals surface area contributed by atoms with E-state index in [4.69, 9.17) is 20.8 Å². The lowest BCUT2D eigenvalue weighted by Crippen LogP contribution is -2.13. The highest BCUT2D eigenvalue weighted by Crippen LogP contribution is 2.28. The van der Waals surface area contributed by atoms with E-state index < -0.39 is 0 Å². The molecule has 0 atom stereocenters. The van der Waals surface area contributed by atoms with Crippen molar-refractivity contribution in [3.63, 3.8) is 0 Å². The Balaban J connectivity index is 1.62. The predicted octanol–water partition coefficient (Wildman–Crippen LogP) is 5.72. The van der Waals surface area contributed by atoms with Crippen LogP contribution >= 0.6 is 11.6 Å². The Kier molecular flexibility index (Phi) is 4.75. The van der Waals surface area contributed by atoms with Crippen LogP contribution in [0.1, 0.15) is 15.9 Å². The Morgan fingerprint density at radius 3 is 2.61 bits per heavy atom. The first-order valence-corrected chi connectivity index (χ1v) is 9.04. The molecule has 0 saturated carbocycles. The lowest BCUT2D eigenvalue weighted by molar-refractivity contribution is 0.102. The number of anilines is 1. The van der Waals surface area contributed by atoms with E-state index in [1.54, 1.807) is 36.4 Å². The number of rotatable bonds is 4. The molecule has 28 heavy (non-hydrogen) atoms. The zero-order valence-electron chi connectivity index (χ0n) is 15.3. The van der Waals surface area contributed by atoms with Crippen molar-refractivity contribution in [2.24, 2.45) is 0 Å². The van der Waals surface area contributed by atoms with Gasteiger partial charge in [0, 0.05) is 22.3 Å². The summed E-state index contributed by atoms with van der Waals surface area (Å²) in [6, 6.07) is 18.2. The van der Waals surface area contributed by atoms with Crippen molar-refractivity contribution < 1.29 is 13.9 Å². The largest absolute Gasteiger partial charge is 0.496 e. The number of halogens is 1. The molecule has 0 aliphatic rings. The smallest absolute Gasteiger partial charge is 0.259 e. The van der Waals surface area contributed by atoms with E-state index in [0.29, 0.717) is 39.0 Å². The van der Waals surface area contributed by atoms with Crippen molar-refractivity contribution in [2.75, 3.05) is 12.4 Å². The van der Waals surface area contributed by atoms with Gasteiger partial charge < -0.3 is 14.5 Å². The molecule has 6 heteroatoms. The van der Waals surface area contributed by atoms with Gasteiger partial charge in [-0.1, -0.05) is 29.3 Å². The molecule has 3 aromatic carbocycles. The van der Waals surface area contributed by atoms with Gasteiger partial charge in [0.05, 0.1) is 12.7 Å². The van der Waals surface area contributed by atoms with Crippen LogP contribution in [0.2, 0.25) is 5.02 Å². The Morgan fingerprint density at radius 2 is 1.86 bits per heavy atom. The molecule has 0 fully saturated rings.